The number of aryl methyl sites for hydroxylation is 1. The van der Waals surface area contributed by atoms with Gasteiger partial charge in [0.1, 0.15) is 0 Å². The Kier molecular flexibility index (Phi) is 2.34. The second kappa shape index (κ2) is 5.11. The van der Waals surface area contributed by atoms with E-state index >= 15 is 0 Å². The van der Waals surface area contributed by atoms with Crippen molar-refractivity contribution in [3.63, 3.8) is 0 Å². The monoisotopic (exact) mass is 247 g/mol. The zero-order valence-electron chi connectivity index (χ0n) is 13.5. The predicted molar refractivity (Wildman–Crippen MR) is 82.1 cm³/mol. The van der Waals surface area contributed by atoms with E-state index in [1.54, 1.807) is 12.1 Å². The van der Waals surface area contributed by atoms with Crippen LogP contribution in [0.1, 0.15) is 9.68 Å². The van der Waals surface area contributed by atoms with Crippen molar-refractivity contribution in [2.24, 2.45) is 0 Å². The Morgan fingerprint density at radius 3 is 2.16 bits per heavy atom. The summed E-state index contributed by atoms with van der Waals surface area (Å²) in [6, 6.07) is 25.3. The van der Waals surface area contributed by atoms with Crippen LogP contribution in [-0.4, -0.2) is 0 Å². The van der Waals surface area contributed by atoms with Crippen molar-refractivity contribution in [2.75, 3.05) is 0 Å². The lowest BCUT2D eigenvalue weighted by atomic mass is 9.96. The topological polar surface area (TPSA) is 0 Å². The zero-order valence-corrected chi connectivity index (χ0v) is 10.5. The Balaban J connectivity index is 2.11. The third kappa shape index (κ3) is 2.43. The fraction of sp³-hybridized carbons (Fsp3) is 0.0526. The van der Waals surface area contributed by atoms with Crippen molar-refractivity contribution in [3.8, 4) is 22.3 Å². The highest BCUT2D eigenvalue weighted by Gasteiger charge is 2.03. The van der Waals surface area contributed by atoms with E-state index in [2.05, 4.69) is 12.1 Å². The van der Waals surface area contributed by atoms with Gasteiger partial charge in [-0.1, -0.05) is 72.8 Å². The maximum absolute atomic E-state index is 7.71. The molecule has 3 aromatic rings. The minimum atomic E-state index is -2.11. The average molecular weight is 247 g/mol. The van der Waals surface area contributed by atoms with E-state index in [1.807, 2.05) is 54.6 Å². The number of benzene rings is 3. The molecule has 0 aliphatic heterocycles. The fourth-order valence-electron chi connectivity index (χ4n) is 2.23. The van der Waals surface area contributed by atoms with Gasteiger partial charge in [-0.3, -0.25) is 0 Å². The van der Waals surface area contributed by atoms with E-state index in [9.17, 15) is 0 Å². The first kappa shape index (κ1) is 8.71. The number of rotatable bonds is 2. The van der Waals surface area contributed by atoms with Crippen LogP contribution in [0.3, 0.4) is 0 Å². The van der Waals surface area contributed by atoms with Crippen LogP contribution in [0.4, 0.5) is 0 Å². The molecule has 92 valence electrons. The van der Waals surface area contributed by atoms with Gasteiger partial charge in [0, 0.05) is 4.11 Å². The molecule has 0 fully saturated rings. The molecule has 0 aromatic heterocycles. The first-order chi connectivity index (χ1) is 10.6. The molecule has 0 N–H and O–H groups in total. The minimum Gasteiger partial charge on any atom is -0.0622 e. The molecule has 0 bridgehead atoms. The van der Waals surface area contributed by atoms with Gasteiger partial charge in [-0.05, 0) is 40.7 Å². The lowest BCUT2D eigenvalue weighted by Gasteiger charge is -2.08. The summed E-state index contributed by atoms with van der Waals surface area (Å²) in [7, 11) is 0. The van der Waals surface area contributed by atoms with Crippen LogP contribution in [0.15, 0.2) is 78.9 Å². The first-order valence-electron chi connectivity index (χ1n) is 7.81. The van der Waals surface area contributed by atoms with Gasteiger partial charge in [-0.15, -0.1) is 0 Å². The van der Waals surface area contributed by atoms with Crippen LogP contribution >= 0.6 is 0 Å². The summed E-state index contributed by atoms with van der Waals surface area (Å²) in [6.45, 7) is -2.11. The van der Waals surface area contributed by atoms with E-state index < -0.39 is 6.85 Å². The van der Waals surface area contributed by atoms with Crippen LogP contribution in [0, 0.1) is 6.85 Å². The number of hydrogen-bond acceptors (Lipinski definition) is 0. The SMILES string of the molecule is [2H]C([2H])([2H])c1ccccc1-c1cccc(-c2ccccc2)c1. The molecule has 0 aliphatic rings. The molecule has 0 heterocycles. The highest BCUT2D eigenvalue weighted by atomic mass is 14.1. The van der Waals surface area contributed by atoms with E-state index in [0.29, 0.717) is 5.56 Å². The van der Waals surface area contributed by atoms with Crippen molar-refractivity contribution in [2.45, 2.75) is 6.85 Å². The van der Waals surface area contributed by atoms with Crippen molar-refractivity contribution in [3.05, 3.63) is 84.4 Å². The Labute approximate surface area is 118 Å². The molecule has 0 heteroatoms. The van der Waals surface area contributed by atoms with Gasteiger partial charge in [0.25, 0.3) is 0 Å². The molecule has 3 aromatic carbocycles. The second-order valence-electron chi connectivity index (χ2n) is 4.49. The summed E-state index contributed by atoms with van der Waals surface area (Å²) in [6.07, 6.45) is 0. The van der Waals surface area contributed by atoms with Gasteiger partial charge in [0.2, 0.25) is 0 Å². The maximum atomic E-state index is 7.71. The van der Waals surface area contributed by atoms with E-state index in [0.717, 1.165) is 22.3 Å². The summed E-state index contributed by atoms with van der Waals surface area (Å²) in [5, 5.41) is 0. The highest BCUT2D eigenvalue weighted by Crippen LogP contribution is 2.28. The van der Waals surface area contributed by atoms with Gasteiger partial charge in [-0.2, -0.15) is 0 Å². The largest absolute Gasteiger partial charge is 0.0622 e. The molecule has 0 unspecified atom stereocenters. The molecule has 0 spiro atoms. The Bertz CT molecular complexity index is 774. The summed E-state index contributed by atoms with van der Waals surface area (Å²) in [5.41, 5.74) is 4.28. The molecule has 0 amide bonds. The molecule has 0 saturated carbocycles. The van der Waals surface area contributed by atoms with E-state index in [-0.39, 0.29) is 0 Å². The van der Waals surface area contributed by atoms with Crippen LogP contribution in [-0.2, 0) is 0 Å². The van der Waals surface area contributed by atoms with Crippen molar-refractivity contribution in [1.82, 2.24) is 0 Å². The van der Waals surface area contributed by atoms with Gasteiger partial charge in [0.15, 0.2) is 0 Å². The standard InChI is InChI=1S/C19H16/c1-15-8-5-6-13-19(15)18-12-7-11-17(14-18)16-9-3-2-4-10-16/h2-14H,1H3/i1D3. The van der Waals surface area contributed by atoms with Gasteiger partial charge < -0.3 is 0 Å². The van der Waals surface area contributed by atoms with Gasteiger partial charge in [-0.25, -0.2) is 0 Å². The lowest BCUT2D eigenvalue weighted by Crippen LogP contribution is -1.84. The van der Waals surface area contributed by atoms with E-state index in [1.165, 1.54) is 0 Å². The Morgan fingerprint density at radius 1 is 0.632 bits per heavy atom. The van der Waals surface area contributed by atoms with Crippen LogP contribution in [0.2, 0.25) is 0 Å². The van der Waals surface area contributed by atoms with Gasteiger partial charge in [0.05, 0.1) is 0 Å². The third-order valence-corrected chi connectivity index (χ3v) is 3.21. The molecule has 3 rings (SSSR count). The molecule has 19 heavy (non-hydrogen) atoms. The molecule has 0 atom stereocenters. The molecule has 0 saturated heterocycles. The number of hydrogen-bond donors (Lipinski definition) is 0. The lowest BCUT2D eigenvalue weighted by molar-refractivity contribution is 1.46. The van der Waals surface area contributed by atoms with Crippen LogP contribution in [0.25, 0.3) is 22.3 Å². The highest BCUT2D eigenvalue weighted by molar-refractivity contribution is 5.74. The van der Waals surface area contributed by atoms with Crippen molar-refractivity contribution < 1.29 is 4.11 Å². The van der Waals surface area contributed by atoms with Crippen molar-refractivity contribution in [1.29, 1.82) is 0 Å². The molecular formula is C19H16. The molecule has 0 nitrogen and oxygen atoms in total. The molecule has 0 radical (unpaired) electrons. The van der Waals surface area contributed by atoms with E-state index in [4.69, 9.17) is 4.11 Å². The van der Waals surface area contributed by atoms with Crippen LogP contribution in [0.5, 0.6) is 0 Å². The second-order valence-corrected chi connectivity index (χ2v) is 4.49. The Morgan fingerprint density at radius 2 is 1.32 bits per heavy atom. The van der Waals surface area contributed by atoms with Crippen molar-refractivity contribution >= 4 is 0 Å². The van der Waals surface area contributed by atoms with Crippen LogP contribution < -0.4 is 0 Å². The normalized spacial score (nSPS) is 13.4. The first-order valence-corrected chi connectivity index (χ1v) is 6.31. The smallest absolute Gasteiger partial charge is 0.0280 e. The molecule has 0 aliphatic carbocycles. The Hall–Kier alpha value is -2.34. The quantitative estimate of drug-likeness (QED) is 0.574. The summed E-state index contributed by atoms with van der Waals surface area (Å²) < 4.78 is 23.1. The minimum absolute atomic E-state index is 0.389. The third-order valence-electron chi connectivity index (χ3n) is 3.21. The average Bonchev–Trinajstić information content (AvgIpc) is 2.55. The zero-order chi connectivity index (χ0) is 15.6. The van der Waals surface area contributed by atoms with Gasteiger partial charge >= 0.3 is 0 Å². The summed E-state index contributed by atoms with van der Waals surface area (Å²) in [5.74, 6) is 0. The summed E-state index contributed by atoms with van der Waals surface area (Å²) in [4.78, 5) is 0. The predicted octanol–water partition coefficient (Wildman–Crippen LogP) is 5.33. The maximum Gasteiger partial charge on any atom is 0.0280 e. The fourth-order valence-corrected chi connectivity index (χ4v) is 2.23. The molecular weight excluding hydrogens is 228 g/mol. The summed E-state index contributed by atoms with van der Waals surface area (Å²) >= 11 is 0.